The molecule has 2 aromatic heterocycles. The first-order valence-corrected chi connectivity index (χ1v) is 23.4. The quantitative estimate of drug-likeness (QED) is 0.144. The summed E-state index contributed by atoms with van der Waals surface area (Å²) in [5.41, 5.74) is 21.3. The number of nitrogens with zero attached hydrogens (tertiary/aromatic N) is 2. The Morgan fingerprint density at radius 2 is 0.544 bits per heavy atom. The molecule has 0 N–H and O–H groups in total. The van der Waals surface area contributed by atoms with Crippen molar-refractivity contribution in [1.29, 1.82) is 0 Å². The molecule has 0 unspecified atom stereocenters. The third-order valence-electron chi connectivity index (χ3n) is 13.6. The standard InChI is InChI=1S/C66H44N2/c1-5-19-45(20-6-1)51-37-52(46-21-7-2-8-22-46)40-55(39-51)49-27-17-29-57(43-49)67-63-34-16-14-32-61(63)65-64(67)36-35-60-59-31-13-15-33-62(59)68(66(60)65)58-30-18-28-50(44-58)56-41-53(47-23-9-3-10-24-47)38-54(42-56)48-25-11-4-12-26-48/h1-44H. The van der Waals surface area contributed by atoms with Crippen molar-refractivity contribution in [1.82, 2.24) is 9.13 Å². The van der Waals surface area contributed by atoms with Crippen molar-refractivity contribution in [3.8, 4) is 78.1 Å². The molecular formula is C66H44N2. The Morgan fingerprint density at radius 1 is 0.191 bits per heavy atom. The predicted molar refractivity (Wildman–Crippen MR) is 288 cm³/mol. The summed E-state index contributed by atoms with van der Waals surface area (Å²) in [6.07, 6.45) is 0. The van der Waals surface area contributed by atoms with Crippen molar-refractivity contribution in [2.24, 2.45) is 0 Å². The summed E-state index contributed by atoms with van der Waals surface area (Å²) >= 11 is 0. The lowest BCUT2D eigenvalue weighted by Gasteiger charge is -2.14. The molecule has 68 heavy (non-hydrogen) atoms. The van der Waals surface area contributed by atoms with E-state index in [0.717, 1.165) is 11.4 Å². The number of aromatic nitrogens is 2. The lowest BCUT2D eigenvalue weighted by Crippen LogP contribution is -1.96. The molecule has 0 amide bonds. The van der Waals surface area contributed by atoms with Gasteiger partial charge in [0.05, 0.1) is 22.1 Å². The van der Waals surface area contributed by atoms with Crippen LogP contribution in [-0.4, -0.2) is 9.13 Å². The Morgan fingerprint density at radius 3 is 1.00 bits per heavy atom. The molecular weight excluding hydrogens is 821 g/mol. The highest BCUT2D eigenvalue weighted by Crippen LogP contribution is 2.43. The van der Waals surface area contributed by atoms with Gasteiger partial charge in [0.2, 0.25) is 0 Å². The molecule has 13 rings (SSSR count). The Hall–Kier alpha value is -8.98. The smallest absolute Gasteiger partial charge is 0.0641 e. The summed E-state index contributed by atoms with van der Waals surface area (Å²) in [6, 6.07) is 97.5. The number of fused-ring (bicyclic) bond motifs is 7. The van der Waals surface area contributed by atoms with E-state index < -0.39 is 0 Å². The van der Waals surface area contributed by atoms with Crippen LogP contribution >= 0.6 is 0 Å². The Kier molecular flexibility index (Phi) is 9.54. The average molecular weight is 865 g/mol. The van der Waals surface area contributed by atoms with Gasteiger partial charge in [-0.2, -0.15) is 0 Å². The first kappa shape index (κ1) is 39.4. The zero-order chi connectivity index (χ0) is 45.0. The highest BCUT2D eigenvalue weighted by atomic mass is 15.0. The summed E-state index contributed by atoms with van der Waals surface area (Å²) < 4.78 is 4.97. The van der Waals surface area contributed by atoms with Gasteiger partial charge in [-0.25, -0.2) is 0 Å². The first-order valence-electron chi connectivity index (χ1n) is 23.4. The van der Waals surface area contributed by atoms with E-state index in [-0.39, 0.29) is 0 Å². The normalized spacial score (nSPS) is 11.5. The van der Waals surface area contributed by atoms with Crippen LogP contribution in [0.15, 0.2) is 267 Å². The maximum atomic E-state index is 2.50. The van der Waals surface area contributed by atoms with Crippen LogP contribution < -0.4 is 0 Å². The van der Waals surface area contributed by atoms with Crippen LogP contribution in [-0.2, 0) is 0 Å². The van der Waals surface area contributed by atoms with E-state index >= 15 is 0 Å². The Balaban J connectivity index is 1.01. The SMILES string of the molecule is c1ccc(-c2cc(-c3ccccc3)cc(-c3cccc(-n4c5ccccc5c5c4ccc4c6ccccc6n(-c6cccc(-c7cc(-c8ccccc8)cc(-c8ccccc8)c7)c6)c45)c3)c2)cc1. The van der Waals surface area contributed by atoms with Crippen molar-refractivity contribution in [3.63, 3.8) is 0 Å². The molecule has 2 nitrogen and oxygen atoms in total. The second kappa shape index (κ2) is 16.5. The lowest BCUT2D eigenvalue weighted by molar-refractivity contribution is 1.17. The largest absolute Gasteiger partial charge is 0.309 e. The Bertz CT molecular complexity index is 3880. The topological polar surface area (TPSA) is 9.86 Å². The van der Waals surface area contributed by atoms with E-state index in [0.29, 0.717) is 0 Å². The molecule has 0 saturated carbocycles. The minimum Gasteiger partial charge on any atom is -0.309 e. The van der Waals surface area contributed by atoms with Crippen molar-refractivity contribution >= 4 is 43.6 Å². The third kappa shape index (κ3) is 6.82. The van der Waals surface area contributed by atoms with Crippen LogP contribution in [0.3, 0.4) is 0 Å². The van der Waals surface area contributed by atoms with Crippen LogP contribution in [0.25, 0.3) is 122 Å². The van der Waals surface area contributed by atoms with Crippen LogP contribution in [0.1, 0.15) is 0 Å². The van der Waals surface area contributed by atoms with Gasteiger partial charge in [-0.3, -0.25) is 0 Å². The number of hydrogen-bond donors (Lipinski definition) is 0. The van der Waals surface area contributed by atoms with E-state index in [9.17, 15) is 0 Å². The fraction of sp³-hybridized carbons (Fsp3) is 0. The number of para-hydroxylation sites is 2. The number of rotatable bonds is 8. The van der Waals surface area contributed by atoms with Crippen LogP contribution in [0.4, 0.5) is 0 Å². The minimum absolute atomic E-state index is 1.12. The molecule has 0 atom stereocenters. The summed E-state index contributed by atoms with van der Waals surface area (Å²) in [4.78, 5) is 0. The molecule has 0 bridgehead atoms. The molecule has 0 radical (unpaired) electrons. The van der Waals surface area contributed by atoms with Gasteiger partial charge in [-0.05, 0) is 146 Å². The minimum atomic E-state index is 1.12. The van der Waals surface area contributed by atoms with Crippen LogP contribution in [0, 0.1) is 0 Å². The summed E-state index contributed by atoms with van der Waals surface area (Å²) in [5.74, 6) is 0. The van der Waals surface area contributed by atoms with Gasteiger partial charge in [-0.1, -0.05) is 188 Å². The van der Waals surface area contributed by atoms with Gasteiger partial charge in [0, 0.05) is 32.9 Å². The molecule has 0 fully saturated rings. The van der Waals surface area contributed by atoms with Gasteiger partial charge >= 0.3 is 0 Å². The molecule has 13 aromatic rings. The highest BCUT2D eigenvalue weighted by Gasteiger charge is 2.22. The van der Waals surface area contributed by atoms with E-state index in [1.54, 1.807) is 0 Å². The van der Waals surface area contributed by atoms with E-state index in [1.165, 1.54) is 110 Å². The highest BCUT2D eigenvalue weighted by molar-refractivity contribution is 6.26. The van der Waals surface area contributed by atoms with Crippen molar-refractivity contribution in [2.45, 2.75) is 0 Å². The van der Waals surface area contributed by atoms with Crippen molar-refractivity contribution in [2.75, 3.05) is 0 Å². The molecule has 0 spiro atoms. The molecule has 0 aliphatic heterocycles. The van der Waals surface area contributed by atoms with Gasteiger partial charge in [0.1, 0.15) is 0 Å². The zero-order valence-electron chi connectivity index (χ0n) is 37.3. The fourth-order valence-electron chi connectivity index (χ4n) is 10.5. The predicted octanol–water partition coefficient (Wildman–Crippen LogP) is 17.9. The third-order valence-corrected chi connectivity index (χ3v) is 13.6. The molecule has 0 saturated heterocycles. The lowest BCUT2D eigenvalue weighted by atomic mass is 9.93. The monoisotopic (exact) mass is 864 g/mol. The van der Waals surface area contributed by atoms with Crippen LogP contribution in [0.2, 0.25) is 0 Å². The molecule has 11 aromatic carbocycles. The van der Waals surface area contributed by atoms with Gasteiger partial charge in [-0.15, -0.1) is 0 Å². The van der Waals surface area contributed by atoms with Crippen LogP contribution in [0.5, 0.6) is 0 Å². The van der Waals surface area contributed by atoms with Gasteiger partial charge < -0.3 is 9.13 Å². The van der Waals surface area contributed by atoms with E-state index in [4.69, 9.17) is 0 Å². The van der Waals surface area contributed by atoms with Crippen molar-refractivity contribution in [3.05, 3.63) is 267 Å². The maximum absolute atomic E-state index is 2.50. The zero-order valence-corrected chi connectivity index (χ0v) is 37.3. The van der Waals surface area contributed by atoms with Gasteiger partial charge in [0.15, 0.2) is 0 Å². The maximum Gasteiger partial charge on any atom is 0.0641 e. The molecule has 2 heterocycles. The number of hydrogen-bond acceptors (Lipinski definition) is 0. The Labute approximate surface area is 395 Å². The summed E-state index contributed by atoms with van der Waals surface area (Å²) in [7, 11) is 0. The molecule has 318 valence electrons. The average Bonchev–Trinajstić information content (AvgIpc) is 3.95. The molecule has 0 aliphatic rings. The molecule has 0 aliphatic carbocycles. The first-order chi connectivity index (χ1) is 33.7. The second-order valence-electron chi connectivity index (χ2n) is 17.7. The summed E-state index contributed by atoms with van der Waals surface area (Å²) in [6.45, 7) is 0. The van der Waals surface area contributed by atoms with Crippen molar-refractivity contribution < 1.29 is 0 Å². The van der Waals surface area contributed by atoms with E-state index in [2.05, 4.69) is 276 Å². The fourth-order valence-corrected chi connectivity index (χ4v) is 10.5. The summed E-state index contributed by atoms with van der Waals surface area (Å²) in [5, 5.41) is 4.93. The van der Waals surface area contributed by atoms with E-state index in [1.807, 2.05) is 0 Å². The van der Waals surface area contributed by atoms with Gasteiger partial charge in [0.25, 0.3) is 0 Å². The second-order valence-corrected chi connectivity index (χ2v) is 17.7. The number of benzene rings is 11. The molecule has 2 heteroatoms.